The summed E-state index contributed by atoms with van der Waals surface area (Å²) in [7, 11) is 0. The first-order valence-electron chi connectivity index (χ1n) is 9.71. The van der Waals surface area contributed by atoms with Gasteiger partial charge in [0.1, 0.15) is 18.2 Å². The van der Waals surface area contributed by atoms with Crippen LogP contribution in [0.1, 0.15) is 11.1 Å². The fraction of sp³-hybridized carbons (Fsp3) is 0.0833. The predicted molar refractivity (Wildman–Crippen MR) is 125 cm³/mol. The van der Waals surface area contributed by atoms with Gasteiger partial charge in [-0.1, -0.05) is 48.0 Å². The molecule has 1 fully saturated rings. The lowest BCUT2D eigenvalue weighted by Gasteiger charge is -2.14. The van der Waals surface area contributed by atoms with Gasteiger partial charge in [-0.2, -0.15) is 0 Å². The fourth-order valence-electron chi connectivity index (χ4n) is 3.02. The van der Waals surface area contributed by atoms with Gasteiger partial charge in [0.05, 0.1) is 11.6 Å². The number of anilines is 1. The van der Waals surface area contributed by atoms with Crippen LogP contribution >= 0.6 is 23.4 Å². The van der Waals surface area contributed by atoms with E-state index >= 15 is 0 Å². The van der Waals surface area contributed by atoms with Gasteiger partial charge >= 0.3 is 0 Å². The first-order valence-corrected chi connectivity index (χ1v) is 10.9. The third-order valence-corrected chi connectivity index (χ3v) is 5.98. The van der Waals surface area contributed by atoms with Gasteiger partial charge in [-0.25, -0.2) is 4.39 Å². The number of nitrogens with zero attached hydrogens (tertiary/aromatic N) is 1. The molecular weight excluding hydrogens is 451 g/mol. The van der Waals surface area contributed by atoms with Crippen molar-refractivity contribution in [2.45, 2.75) is 6.61 Å². The molecule has 1 heterocycles. The molecule has 0 spiro atoms. The van der Waals surface area contributed by atoms with E-state index in [0.717, 1.165) is 22.2 Å². The molecule has 5 nitrogen and oxygen atoms in total. The van der Waals surface area contributed by atoms with Crippen LogP contribution in [-0.2, 0) is 11.4 Å². The molecule has 3 aromatic rings. The van der Waals surface area contributed by atoms with Gasteiger partial charge in [-0.3, -0.25) is 14.5 Å². The molecule has 32 heavy (non-hydrogen) atoms. The zero-order valence-corrected chi connectivity index (χ0v) is 18.3. The molecule has 162 valence electrons. The van der Waals surface area contributed by atoms with E-state index in [4.69, 9.17) is 16.3 Å². The molecule has 8 heteroatoms. The Morgan fingerprint density at radius 3 is 2.50 bits per heavy atom. The minimum absolute atomic E-state index is 0.0156. The van der Waals surface area contributed by atoms with Crippen LogP contribution in [0.15, 0.2) is 77.7 Å². The highest BCUT2D eigenvalue weighted by atomic mass is 35.5. The summed E-state index contributed by atoms with van der Waals surface area (Å²) >= 11 is 7.05. The summed E-state index contributed by atoms with van der Waals surface area (Å²) in [6, 6.07) is 20.3. The summed E-state index contributed by atoms with van der Waals surface area (Å²) in [4.78, 5) is 26.6. The maximum Gasteiger partial charge on any atom is 0.295 e. The number of halogens is 2. The summed E-state index contributed by atoms with van der Waals surface area (Å²) in [5.41, 5.74) is 2.13. The van der Waals surface area contributed by atoms with E-state index < -0.39 is 5.91 Å². The molecule has 0 unspecified atom stereocenters. The monoisotopic (exact) mass is 468 g/mol. The zero-order valence-electron chi connectivity index (χ0n) is 16.8. The van der Waals surface area contributed by atoms with Crippen LogP contribution in [0.3, 0.4) is 0 Å². The number of thioether (sulfide) groups is 1. The van der Waals surface area contributed by atoms with Crippen LogP contribution in [0.4, 0.5) is 14.9 Å². The lowest BCUT2D eigenvalue weighted by molar-refractivity contribution is -0.122. The van der Waals surface area contributed by atoms with E-state index in [9.17, 15) is 14.0 Å². The molecule has 1 aliphatic heterocycles. The van der Waals surface area contributed by atoms with Gasteiger partial charge in [0.25, 0.3) is 11.1 Å². The number of imide groups is 1. The lowest BCUT2D eigenvalue weighted by Crippen LogP contribution is -2.33. The average Bonchev–Trinajstić information content (AvgIpc) is 3.06. The molecule has 0 radical (unpaired) electrons. The van der Waals surface area contributed by atoms with Gasteiger partial charge in [0.15, 0.2) is 0 Å². The second kappa shape index (κ2) is 9.89. The number of hydrogen-bond acceptors (Lipinski definition) is 5. The lowest BCUT2D eigenvalue weighted by atomic mass is 10.1. The van der Waals surface area contributed by atoms with Gasteiger partial charge in [0.2, 0.25) is 0 Å². The number of carbonyl (C=O) groups is 2. The van der Waals surface area contributed by atoms with Crippen molar-refractivity contribution in [2.24, 2.45) is 0 Å². The maximum atomic E-state index is 13.0. The normalized spacial score (nSPS) is 14.8. The summed E-state index contributed by atoms with van der Waals surface area (Å²) < 4.78 is 19.0. The van der Waals surface area contributed by atoms with Crippen LogP contribution in [-0.4, -0.2) is 22.7 Å². The third kappa shape index (κ3) is 5.12. The number of ether oxygens (including phenoxy) is 1. The Labute approximate surface area is 193 Å². The number of amides is 2. The molecule has 0 aliphatic carbocycles. The van der Waals surface area contributed by atoms with Crippen molar-refractivity contribution in [3.05, 3.63) is 99.7 Å². The quantitative estimate of drug-likeness (QED) is 0.420. The van der Waals surface area contributed by atoms with Crippen LogP contribution in [0.2, 0.25) is 5.02 Å². The van der Waals surface area contributed by atoms with Crippen LogP contribution in [0.5, 0.6) is 5.75 Å². The zero-order chi connectivity index (χ0) is 22.5. The van der Waals surface area contributed by atoms with E-state index in [1.165, 1.54) is 24.3 Å². The van der Waals surface area contributed by atoms with Crippen molar-refractivity contribution in [1.29, 1.82) is 0 Å². The van der Waals surface area contributed by atoms with Crippen molar-refractivity contribution < 1.29 is 18.7 Å². The summed E-state index contributed by atoms with van der Waals surface area (Å²) in [6.45, 7) is 0.256. The summed E-state index contributed by atoms with van der Waals surface area (Å²) in [5, 5.41) is 3.18. The highest BCUT2D eigenvalue weighted by Gasteiger charge is 2.35. The third-order valence-electron chi connectivity index (χ3n) is 4.71. The van der Waals surface area contributed by atoms with Gasteiger partial charge < -0.3 is 10.1 Å². The smallest absolute Gasteiger partial charge is 0.295 e. The van der Waals surface area contributed by atoms with Gasteiger partial charge in [-0.15, -0.1) is 0 Å². The van der Waals surface area contributed by atoms with E-state index in [1.54, 1.807) is 18.2 Å². The molecule has 2 amide bonds. The molecule has 1 saturated heterocycles. The Hall–Kier alpha value is -3.29. The van der Waals surface area contributed by atoms with Crippen molar-refractivity contribution in [2.75, 3.05) is 12.0 Å². The summed E-state index contributed by atoms with van der Waals surface area (Å²) in [5.74, 6) is -0.195. The second-order valence-corrected chi connectivity index (χ2v) is 8.27. The Morgan fingerprint density at radius 2 is 1.72 bits per heavy atom. The Kier molecular flexibility index (Phi) is 6.78. The summed E-state index contributed by atoms with van der Waals surface area (Å²) in [6.07, 6.45) is 1.64. The molecule has 0 atom stereocenters. The van der Waals surface area contributed by atoms with E-state index in [1.807, 2.05) is 36.4 Å². The molecule has 4 rings (SSSR count). The standard InChI is InChI=1S/C24H18ClFN2O3S/c25-20-7-3-1-6-17(20)14-31-21-8-4-2-5-16(21)13-22-23(29)28(24(30)32-22)15-27-19-11-9-18(26)10-12-19/h1-13,27H,14-15H2. The highest BCUT2D eigenvalue weighted by molar-refractivity contribution is 8.18. The molecular formula is C24H18ClFN2O3S. The SMILES string of the molecule is O=C1SC(=Cc2ccccc2OCc2ccccc2Cl)C(=O)N1CNc1ccc(F)cc1. The first-order chi connectivity index (χ1) is 15.5. The predicted octanol–water partition coefficient (Wildman–Crippen LogP) is 6.16. The average molecular weight is 469 g/mol. The van der Waals surface area contributed by atoms with Crippen molar-refractivity contribution in [1.82, 2.24) is 4.90 Å². The second-order valence-electron chi connectivity index (χ2n) is 6.87. The van der Waals surface area contributed by atoms with Crippen molar-refractivity contribution in [3.8, 4) is 5.75 Å². The van der Waals surface area contributed by atoms with E-state index in [-0.39, 0.29) is 24.3 Å². The number of benzene rings is 3. The number of nitrogens with one attached hydrogen (secondary N) is 1. The van der Waals surface area contributed by atoms with Crippen molar-refractivity contribution in [3.63, 3.8) is 0 Å². The Bertz CT molecular complexity index is 1180. The highest BCUT2D eigenvalue weighted by Crippen LogP contribution is 2.34. The number of hydrogen-bond donors (Lipinski definition) is 1. The number of para-hydroxylation sites is 1. The van der Waals surface area contributed by atoms with Crippen LogP contribution < -0.4 is 10.1 Å². The molecule has 0 saturated carbocycles. The number of rotatable bonds is 7. The maximum absolute atomic E-state index is 13.0. The molecule has 3 aromatic carbocycles. The Morgan fingerprint density at radius 1 is 1.00 bits per heavy atom. The molecule has 0 bridgehead atoms. The minimum atomic E-state index is -0.407. The Balaban J connectivity index is 1.46. The van der Waals surface area contributed by atoms with Crippen molar-refractivity contribution >= 4 is 46.3 Å². The van der Waals surface area contributed by atoms with Gasteiger partial charge in [0, 0.05) is 21.8 Å². The fourth-order valence-corrected chi connectivity index (χ4v) is 4.04. The van der Waals surface area contributed by atoms with E-state index in [0.29, 0.717) is 26.9 Å². The topological polar surface area (TPSA) is 58.6 Å². The molecule has 0 aromatic heterocycles. The minimum Gasteiger partial charge on any atom is -0.488 e. The first kappa shape index (κ1) is 21.9. The number of carbonyl (C=O) groups excluding carboxylic acids is 2. The van der Waals surface area contributed by atoms with Gasteiger partial charge in [-0.05, 0) is 54.2 Å². The van der Waals surface area contributed by atoms with Crippen LogP contribution in [0, 0.1) is 5.82 Å². The molecule has 1 aliphatic rings. The largest absolute Gasteiger partial charge is 0.488 e. The van der Waals surface area contributed by atoms with Crippen LogP contribution in [0.25, 0.3) is 6.08 Å². The van der Waals surface area contributed by atoms with E-state index in [2.05, 4.69) is 5.32 Å². The molecule has 1 N–H and O–H groups in total.